The number of rotatable bonds is 0. The second-order valence-corrected chi connectivity index (χ2v) is 1.69. The molecule has 9 heavy (non-hydrogen) atoms. The van der Waals surface area contributed by atoms with Crippen LogP contribution in [0.2, 0.25) is 0 Å². The van der Waals surface area contributed by atoms with E-state index in [1.807, 2.05) is 0 Å². The highest BCUT2D eigenvalue weighted by atomic mass is 19.2. The summed E-state index contributed by atoms with van der Waals surface area (Å²) in [5.41, 5.74) is 0. The molecule has 0 fully saturated rings. The molecular weight excluding hydrogens is 129 g/mol. The van der Waals surface area contributed by atoms with Gasteiger partial charge in [-0.3, -0.25) is 0 Å². The van der Waals surface area contributed by atoms with Gasteiger partial charge in [-0.05, 0) is 0 Å². The van der Waals surface area contributed by atoms with Gasteiger partial charge in [-0.1, -0.05) is 0 Å². The summed E-state index contributed by atoms with van der Waals surface area (Å²) in [5, 5.41) is 0. The lowest BCUT2D eigenvalue weighted by Gasteiger charge is -2.02. The van der Waals surface area contributed by atoms with E-state index in [1.54, 1.807) is 0 Å². The molecule has 0 heterocycles. The Labute approximate surface area is 50.7 Å². The van der Waals surface area contributed by atoms with Crippen LogP contribution in [0.1, 0.15) is 6.42 Å². The van der Waals surface area contributed by atoms with Crippen molar-refractivity contribution in [2.24, 2.45) is 0 Å². The maximum atomic E-state index is 12.0. The van der Waals surface area contributed by atoms with Crippen LogP contribution in [0.15, 0.2) is 23.6 Å². The molecule has 0 amide bonds. The third kappa shape index (κ3) is 1.34. The Morgan fingerprint density at radius 1 is 1.22 bits per heavy atom. The van der Waals surface area contributed by atoms with Gasteiger partial charge in [0.05, 0.1) is 0 Å². The molecule has 0 spiro atoms. The summed E-state index contributed by atoms with van der Waals surface area (Å²) >= 11 is 0. The van der Waals surface area contributed by atoms with Crippen molar-refractivity contribution in [1.29, 1.82) is 0 Å². The average Bonchev–Trinajstić information content (AvgIpc) is 1.80. The standard InChI is InChI=1S/C6H4F3/c7-4-1-2-5(8)6(9)3-4/h1,3H,2H2. The third-order valence-electron chi connectivity index (χ3n) is 1.00. The molecule has 1 aliphatic carbocycles. The van der Waals surface area contributed by atoms with E-state index in [0.717, 1.165) is 6.42 Å². The number of hydrogen-bond donors (Lipinski definition) is 0. The lowest BCUT2D eigenvalue weighted by Crippen LogP contribution is -1.89. The fourth-order valence-corrected chi connectivity index (χ4v) is 0.543. The molecule has 0 saturated carbocycles. The van der Waals surface area contributed by atoms with Gasteiger partial charge in [0, 0.05) is 18.9 Å². The molecule has 0 bridgehead atoms. The summed E-state index contributed by atoms with van der Waals surface area (Å²) in [6.45, 7) is 0. The van der Waals surface area contributed by atoms with Crippen LogP contribution in [-0.2, 0) is 0 Å². The molecular formula is C6H4F3. The van der Waals surface area contributed by atoms with Crippen LogP contribution in [0.4, 0.5) is 13.2 Å². The molecule has 49 valence electrons. The van der Waals surface area contributed by atoms with Crippen LogP contribution in [0.25, 0.3) is 0 Å². The largest absolute Gasteiger partial charge is 0.211 e. The Hall–Kier alpha value is -0.730. The van der Waals surface area contributed by atoms with Crippen molar-refractivity contribution in [3.8, 4) is 0 Å². The topological polar surface area (TPSA) is 0 Å². The summed E-state index contributed by atoms with van der Waals surface area (Å²) in [6, 6.07) is 0. The van der Waals surface area contributed by atoms with Crippen molar-refractivity contribution < 1.29 is 13.2 Å². The van der Waals surface area contributed by atoms with Crippen molar-refractivity contribution >= 4 is 0 Å². The lowest BCUT2D eigenvalue weighted by atomic mass is 10.1. The molecule has 0 aromatic rings. The summed E-state index contributed by atoms with van der Waals surface area (Å²) in [5.74, 6) is -2.72. The van der Waals surface area contributed by atoms with Crippen molar-refractivity contribution in [3.63, 3.8) is 0 Å². The maximum absolute atomic E-state index is 12.0. The molecule has 0 nitrogen and oxygen atoms in total. The molecule has 0 N–H and O–H groups in total. The summed E-state index contributed by atoms with van der Waals surface area (Å²) in [4.78, 5) is 0. The Balaban J connectivity index is 2.83. The zero-order valence-electron chi connectivity index (χ0n) is 4.50. The van der Waals surface area contributed by atoms with Crippen LogP contribution in [0, 0.1) is 6.42 Å². The average molecular weight is 133 g/mol. The van der Waals surface area contributed by atoms with Crippen LogP contribution in [-0.4, -0.2) is 0 Å². The van der Waals surface area contributed by atoms with E-state index in [0.29, 0.717) is 6.08 Å². The highest BCUT2D eigenvalue weighted by Crippen LogP contribution is 2.24. The van der Waals surface area contributed by atoms with Gasteiger partial charge in [-0.25, -0.2) is 13.2 Å². The molecule has 0 aromatic heterocycles. The predicted octanol–water partition coefficient (Wildman–Crippen LogP) is 2.60. The first-order valence-corrected chi connectivity index (χ1v) is 2.44. The molecule has 0 atom stereocenters. The van der Waals surface area contributed by atoms with Crippen molar-refractivity contribution in [1.82, 2.24) is 0 Å². The van der Waals surface area contributed by atoms with Gasteiger partial charge in [-0.15, -0.1) is 0 Å². The van der Waals surface area contributed by atoms with E-state index in [2.05, 4.69) is 0 Å². The molecule has 0 saturated heterocycles. The Morgan fingerprint density at radius 2 is 1.89 bits per heavy atom. The minimum absolute atomic E-state index is 0.270. The predicted molar refractivity (Wildman–Crippen MR) is 27.3 cm³/mol. The van der Waals surface area contributed by atoms with E-state index in [4.69, 9.17) is 0 Å². The van der Waals surface area contributed by atoms with Crippen LogP contribution in [0.5, 0.6) is 0 Å². The Morgan fingerprint density at radius 3 is 2.33 bits per heavy atom. The second-order valence-electron chi connectivity index (χ2n) is 1.69. The van der Waals surface area contributed by atoms with Gasteiger partial charge in [0.15, 0.2) is 5.83 Å². The first kappa shape index (κ1) is 6.39. The van der Waals surface area contributed by atoms with Gasteiger partial charge in [-0.2, -0.15) is 0 Å². The van der Waals surface area contributed by atoms with Gasteiger partial charge < -0.3 is 0 Å². The van der Waals surface area contributed by atoms with E-state index < -0.39 is 17.5 Å². The van der Waals surface area contributed by atoms with E-state index in [1.165, 1.54) is 0 Å². The number of halogens is 3. The summed E-state index contributed by atoms with van der Waals surface area (Å²) in [6.07, 6.45) is 1.24. The normalized spacial score (nSPS) is 20.1. The number of allylic oxidation sites excluding steroid dienone is 4. The van der Waals surface area contributed by atoms with Crippen LogP contribution >= 0.6 is 0 Å². The van der Waals surface area contributed by atoms with Crippen LogP contribution in [0.3, 0.4) is 0 Å². The minimum atomic E-state index is -1.10. The zero-order valence-corrected chi connectivity index (χ0v) is 4.50. The fraction of sp³-hybridized carbons (Fsp3) is 0.167. The van der Waals surface area contributed by atoms with Crippen molar-refractivity contribution in [2.45, 2.75) is 6.42 Å². The number of hydrogen-bond acceptors (Lipinski definition) is 0. The molecule has 3 heteroatoms. The molecule has 1 rings (SSSR count). The summed E-state index contributed by atoms with van der Waals surface area (Å²) < 4.78 is 36.0. The third-order valence-corrected chi connectivity index (χ3v) is 1.00. The lowest BCUT2D eigenvalue weighted by molar-refractivity contribution is 0.508. The monoisotopic (exact) mass is 133 g/mol. The quantitative estimate of drug-likeness (QED) is 0.476. The van der Waals surface area contributed by atoms with Gasteiger partial charge in [0.2, 0.25) is 0 Å². The van der Waals surface area contributed by atoms with Gasteiger partial charge >= 0.3 is 0 Å². The molecule has 0 aromatic carbocycles. The van der Waals surface area contributed by atoms with Gasteiger partial charge in [0.1, 0.15) is 11.7 Å². The summed E-state index contributed by atoms with van der Waals surface area (Å²) in [7, 11) is 0. The highest BCUT2D eigenvalue weighted by Gasteiger charge is 2.12. The fourth-order valence-electron chi connectivity index (χ4n) is 0.543. The molecule has 1 radical (unpaired) electrons. The van der Waals surface area contributed by atoms with E-state index in [9.17, 15) is 13.2 Å². The first-order chi connectivity index (χ1) is 4.20. The van der Waals surface area contributed by atoms with E-state index >= 15 is 0 Å². The zero-order chi connectivity index (χ0) is 6.85. The molecule has 0 aliphatic heterocycles. The Kier molecular flexibility index (Phi) is 1.60. The minimum Gasteiger partial charge on any atom is -0.211 e. The maximum Gasteiger partial charge on any atom is 0.157 e. The second kappa shape index (κ2) is 2.25. The molecule has 1 aliphatic rings. The highest BCUT2D eigenvalue weighted by molar-refractivity contribution is 5.28. The van der Waals surface area contributed by atoms with Crippen molar-refractivity contribution in [3.05, 3.63) is 30.0 Å². The Bertz CT molecular complexity index is 179. The van der Waals surface area contributed by atoms with E-state index in [-0.39, 0.29) is 6.42 Å². The van der Waals surface area contributed by atoms with Gasteiger partial charge in [0.25, 0.3) is 0 Å². The van der Waals surface area contributed by atoms with Crippen molar-refractivity contribution in [2.75, 3.05) is 0 Å². The first-order valence-electron chi connectivity index (χ1n) is 2.44. The molecule has 0 unspecified atom stereocenters. The smallest absolute Gasteiger partial charge is 0.157 e. The SMILES string of the molecule is FC1=CC(F)=C(F)C[CH]1. The van der Waals surface area contributed by atoms with Crippen LogP contribution < -0.4 is 0 Å².